The summed E-state index contributed by atoms with van der Waals surface area (Å²) < 4.78 is 0. The molecule has 1 saturated heterocycles. The quantitative estimate of drug-likeness (QED) is 0.830. The van der Waals surface area contributed by atoms with Gasteiger partial charge < -0.3 is 5.73 Å². The van der Waals surface area contributed by atoms with Crippen LogP contribution in [-0.2, 0) is 9.59 Å². The summed E-state index contributed by atoms with van der Waals surface area (Å²) in [5, 5.41) is 18.4. The van der Waals surface area contributed by atoms with E-state index >= 15 is 0 Å². The first kappa shape index (κ1) is 16.8. The fourth-order valence-electron chi connectivity index (χ4n) is 2.44. The lowest BCUT2D eigenvalue weighted by molar-refractivity contribution is -0.136. The smallest absolute Gasteiger partial charge is 0.242 e. The van der Waals surface area contributed by atoms with Crippen molar-refractivity contribution in [1.82, 2.24) is 9.88 Å². The summed E-state index contributed by atoms with van der Waals surface area (Å²) in [4.78, 5) is 28.8. The Hall–Kier alpha value is -2.58. The number of amides is 2. The molecule has 7 nitrogen and oxygen atoms in total. The lowest BCUT2D eigenvalue weighted by atomic mass is 9.94. The fraction of sp³-hybridized carbons (Fsp3) is 0.400. The number of carbonyl (C=O) groups excluding carboxylic acids is 2. The Balaban J connectivity index is 2.53. The first-order valence-electron chi connectivity index (χ1n) is 6.92. The standard InChI is InChI=1S/C15H15N5O2S/c1-7(2)12-8(5-16)13(18)19-14(9(12)6-17)23-10-4-11(21)20(3)15(10)22/h7,10H,4H2,1-3H3,(H2,18,19). The molecule has 1 aromatic heterocycles. The van der Waals surface area contributed by atoms with Gasteiger partial charge >= 0.3 is 0 Å². The third-order valence-corrected chi connectivity index (χ3v) is 4.80. The third-order valence-electron chi connectivity index (χ3n) is 3.63. The SMILES string of the molecule is CC(C)c1c(C#N)c(N)nc(SC2CC(=O)N(C)C2=O)c1C#N. The molecule has 2 heterocycles. The number of anilines is 1. The number of nitriles is 2. The van der Waals surface area contributed by atoms with Crippen LogP contribution in [-0.4, -0.2) is 34.0 Å². The van der Waals surface area contributed by atoms with E-state index in [0.29, 0.717) is 5.56 Å². The molecule has 2 N–H and O–H groups in total. The van der Waals surface area contributed by atoms with Gasteiger partial charge in [0, 0.05) is 13.5 Å². The maximum Gasteiger partial charge on any atom is 0.242 e. The van der Waals surface area contributed by atoms with Crippen molar-refractivity contribution in [3.8, 4) is 12.1 Å². The number of hydrogen-bond donors (Lipinski definition) is 1. The zero-order chi connectivity index (χ0) is 17.3. The van der Waals surface area contributed by atoms with Gasteiger partial charge in [-0.05, 0) is 11.5 Å². The number of nitrogens with zero attached hydrogens (tertiary/aromatic N) is 4. The molecule has 0 aromatic carbocycles. The summed E-state index contributed by atoms with van der Waals surface area (Å²) in [6.07, 6.45) is 0.0590. The molecule has 1 fully saturated rings. The largest absolute Gasteiger partial charge is 0.383 e. The molecule has 23 heavy (non-hydrogen) atoms. The van der Waals surface area contributed by atoms with Crippen molar-refractivity contribution in [2.45, 2.75) is 36.5 Å². The van der Waals surface area contributed by atoms with Crippen LogP contribution in [0.25, 0.3) is 0 Å². The molecule has 1 atom stereocenters. The second-order valence-electron chi connectivity index (χ2n) is 5.45. The Morgan fingerprint density at radius 2 is 1.91 bits per heavy atom. The molecule has 1 aliphatic rings. The summed E-state index contributed by atoms with van der Waals surface area (Å²) in [7, 11) is 1.43. The van der Waals surface area contributed by atoms with Crippen LogP contribution in [0.1, 0.15) is 42.9 Å². The molecule has 8 heteroatoms. The van der Waals surface area contributed by atoms with Crippen molar-refractivity contribution in [3.63, 3.8) is 0 Å². The van der Waals surface area contributed by atoms with E-state index in [1.807, 2.05) is 19.9 Å². The number of hydrogen-bond acceptors (Lipinski definition) is 7. The topological polar surface area (TPSA) is 124 Å². The molecular formula is C15H15N5O2S. The van der Waals surface area contributed by atoms with Crippen LogP contribution < -0.4 is 5.73 Å². The highest BCUT2D eigenvalue weighted by Gasteiger charge is 2.38. The summed E-state index contributed by atoms with van der Waals surface area (Å²) in [5.41, 5.74) is 6.79. The number of aromatic nitrogens is 1. The molecule has 0 radical (unpaired) electrons. The molecule has 1 aromatic rings. The first-order valence-corrected chi connectivity index (χ1v) is 7.80. The number of nitrogen functional groups attached to an aromatic ring is 1. The van der Waals surface area contributed by atoms with Gasteiger partial charge in [-0.3, -0.25) is 14.5 Å². The molecular weight excluding hydrogens is 314 g/mol. The lowest BCUT2D eigenvalue weighted by Gasteiger charge is -2.16. The summed E-state index contributed by atoms with van der Waals surface area (Å²) >= 11 is 1.05. The molecule has 1 unspecified atom stereocenters. The highest BCUT2D eigenvalue weighted by Crippen LogP contribution is 2.37. The normalized spacial score (nSPS) is 17.5. The van der Waals surface area contributed by atoms with Gasteiger partial charge in [0.05, 0.1) is 16.4 Å². The van der Waals surface area contributed by atoms with Crippen molar-refractivity contribution in [1.29, 1.82) is 10.5 Å². The number of carbonyl (C=O) groups is 2. The monoisotopic (exact) mass is 329 g/mol. The van der Waals surface area contributed by atoms with Gasteiger partial charge in [-0.25, -0.2) is 4.98 Å². The summed E-state index contributed by atoms with van der Waals surface area (Å²) in [6, 6.07) is 4.05. The van der Waals surface area contributed by atoms with E-state index in [2.05, 4.69) is 11.1 Å². The van der Waals surface area contributed by atoms with E-state index in [-0.39, 0.29) is 46.1 Å². The van der Waals surface area contributed by atoms with Crippen LogP contribution in [0.5, 0.6) is 0 Å². The average Bonchev–Trinajstić information content (AvgIpc) is 2.73. The van der Waals surface area contributed by atoms with Crippen molar-refractivity contribution < 1.29 is 9.59 Å². The van der Waals surface area contributed by atoms with Crippen molar-refractivity contribution >= 4 is 29.4 Å². The zero-order valence-corrected chi connectivity index (χ0v) is 13.8. The predicted octanol–water partition coefficient (Wildman–Crippen LogP) is 1.38. The molecule has 0 aliphatic carbocycles. The van der Waals surface area contributed by atoms with Crippen molar-refractivity contribution in [2.24, 2.45) is 0 Å². The highest BCUT2D eigenvalue weighted by molar-refractivity contribution is 8.00. The maximum atomic E-state index is 12.0. The fourth-order valence-corrected chi connectivity index (χ4v) is 3.61. The van der Waals surface area contributed by atoms with Crippen molar-refractivity contribution in [2.75, 3.05) is 12.8 Å². The van der Waals surface area contributed by atoms with E-state index in [0.717, 1.165) is 16.7 Å². The van der Waals surface area contributed by atoms with E-state index < -0.39 is 5.25 Å². The molecule has 2 amide bonds. The van der Waals surface area contributed by atoms with Gasteiger partial charge in [0.1, 0.15) is 23.0 Å². The third kappa shape index (κ3) is 2.86. The van der Waals surface area contributed by atoms with E-state index in [1.54, 1.807) is 0 Å². The molecule has 2 rings (SSSR count). The predicted molar refractivity (Wildman–Crippen MR) is 84.2 cm³/mol. The minimum atomic E-state index is -0.626. The van der Waals surface area contributed by atoms with Crippen LogP contribution in [0, 0.1) is 22.7 Å². The van der Waals surface area contributed by atoms with Crippen LogP contribution in [0.4, 0.5) is 5.82 Å². The Bertz CT molecular complexity index is 776. The molecule has 0 bridgehead atoms. The van der Waals surface area contributed by atoms with Crippen LogP contribution in [0.2, 0.25) is 0 Å². The zero-order valence-electron chi connectivity index (χ0n) is 13.0. The second-order valence-corrected chi connectivity index (χ2v) is 6.64. The summed E-state index contributed by atoms with van der Waals surface area (Å²) in [6.45, 7) is 3.70. The minimum absolute atomic E-state index is 0.0304. The van der Waals surface area contributed by atoms with Gasteiger partial charge in [0.15, 0.2) is 0 Å². The van der Waals surface area contributed by atoms with Crippen LogP contribution >= 0.6 is 11.8 Å². The van der Waals surface area contributed by atoms with E-state index in [4.69, 9.17) is 5.73 Å². The molecule has 118 valence electrons. The van der Waals surface area contributed by atoms with Crippen LogP contribution in [0.3, 0.4) is 0 Å². The number of pyridine rings is 1. The maximum absolute atomic E-state index is 12.0. The Labute approximate surface area is 138 Å². The molecule has 0 saturated carbocycles. The lowest BCUT2D eigenvalue weighted by Crippen LogP contribution is -2.26. The number of likely N-dealkylation sites (tertiary alicyclic amines) is 1. The minimum Gasteiger partial charge on any atom is -0.383 e. The second kappa shape index (κ2) is 6.27. The molecule has 0 spiro atoms. The average molecular weight is 329 g/mol. The molecule has 1 aliphatic heterocycles. The van der Waals surface area contributed by atoms with E-state index in [1.165, 1.54) is 7.05 Å². The van der Waals surface area contributed by atoms with Crippen LogP contribution in [0.15, 0.2) is 5.03 Å². The highest BCUT2D eigenvalue weighted by atomic mass is 32.2. The van der Waals surface area contributed by atoms with Gasteiger partial charge in [-0.1, -0.05) is 25.6 Å². The number of nitrogens with two attached hydrogens (primary N) is 1. The Morgan fingerprint density at radius 1 is 1.30 bits per heavy atom. The van der Waals surface area contributed by atoms with Gasteiger partial charge in [0.25, 0.3) is 0 Å². The number of imide groups is 1. The van der Waals surface area contributed by atoms with Crippen molar-refractivity contribution in [3.05, 3.63) is 16.7 Å². The number of rotatable bonds is 3. The Kier molecular flexibility index (Phi) is 4.57. The summed E-state index contributed by atoms with van der Waals surface area (Å²) in [5.74, 6) is -0.660. The van der Waals surface area contributed by atoms with Gasteiger partial charge in [0.2, 0.25) is 11.8 Å². The van der Waals surface area contributed by atoms with E-state index in [9.17, 15) is 20.1 Å². The Morgan fingerprint density at radius 3 is 2.35 bits per heavy atom. The van der Waals surface area contributed by atoms with Gasteiger partial charge in [-0.15, -0.1) is 0 Å². The number of thioether (sulfide) groups is 1. The first-order chi connectivity index (χ1) is 10.8. The van der Waals surface area contributed by atoms with Gasteiger partial charge in [-0.2, -0.15) is 10.5 Å².